The van der Waals surface area contributed by atoms with Crippen LogP contribution in [-0.2, 0) is 0 Å². The average molecular weight is 391 g/mol. The van der Waals surface area contributed by atoms with E-state index in [-0.39, 0.29) is 0 Å². The third kappa shape index (κ3) is 5.63. The molecular weight excluding hydrogens is 352 g/mol. The Bertz CT molecular complexity index is 722. The monoisotopic (exact) mass is 390 g/mol. The highest BCUT2D eigenvalue weighted by molar-refractivity contribution is 5.56. The zero-order chi connectivity index (χ0) is 20.5. The summed E-state index contributed by atoms with van der Waals surface area (Å²) in [6, 6.07) is 9.26. The van der Waals surface area contributed by atoms with Gasteiger partial charge in [0.15, 0.2) is 0 Å². The van der Waals surface area contributed by atoms with Crippen LogP contribution in [0.3, 0.4) is 0 Å². The van der Waals surface area contributed by atoms with Crippen LogP contribution < -0.4 is 0 Å². The van der Waals surface area contributed by atoms with E-state index in [1.165, 1.54) is 96.3 Å². The van der Waals surface area contributed by atoms with Gasteiger partial charge in [0.25, 0.3) is 0 Å². The first-order valence-corrected chi connectivity index (χ1v) is 12.3. The highest BCUT2D eigenvalue weighted by Gasteiger charge is 2.27. The molecule has 0 heterocycles. The van der Waals surface area contributed by atoms with Crippen molar-refractivity contribution in [2.75, 3.05) is 0 Å². The molecule has 0 amide bonds. The Morgan fingerprint density at radius 3 is 1.83 bits per heavy atom. The van der Waals surface area contributed by atoms with E-state index in [0.29, 0.717) is 23.0 Å². The third-order valence-corrected chi connectivity index (χ3v) is 7.54. The lowest BCUT2D eigenvalue weighted by atomic mass is 9.74. The number of benzene rings is 1. The SMILES string of the molecule is CCCCCCC[C@H]1CC[C@H](c2ccc(C3CCCCC3)c(C#N)c2C#N)CC1. The van der Waals surface area contributed by atoms with Gasteiger partial charge in [-0.25, -0.2) is 0 Å². The second-order valence-corrected chi connectivity index (χ2v) is 9.47. The normalized spacial score (nSPS) is 22.7. The number of nitrogens with zero attached hydrogens (tertiary/aromatic N) is 2. The van der Waals surface area contributed by atoms with E-state index in [9.17, 15) is 10.5 Å². The van der Waals surface area contributed by atoms with Crippen molar-refractivity contribution < 1.29 is 0 Å². The first-order valence-electron chi connectivity index (χ1n) is 12.3. The molecule has 0 atom stereocenters. The van der Waals surface area contributed by atoms with Crippen molar-refractivity contribution in [1.82, 2.24) is 0 Å². The molecule has 0 aliphatic heterocycles. The summed E-state index contributed by atoms with van der Waals surface area (Å²) in [6.07, 6.45) is 19.3. The fourth-order valence-corrected chi connectivity index (χ4v) is 5.77. The van der Waals surface area contributed by atoms with E-state index in [4.69, 9.17) is 0 Å². The summed E-state index contributed by atoms with van der Waals surface area (Å²) >= 11 is 0. The van der Waals surface area contributed by atoms with Crippen molar-refractivity contribution in [2.45, 2.75) is 115 Å². The van der Waals surface area contributed by atoms with Crippen molar-refractivity contribution in [3.8, 4) is 12.1 Å². The van der Waals surface area contributed by atoms with Gasteiger partial charge in [0, 0.05) is 0 Å². The molecule has 2 fully saturated rings. The standard InChI is InChI=1S/C27H38N2/c1-2-3-4-5-7-10-21-13-15-23(16-14-21)25-18-17-24(22-11-8-6-9-12-22)26(19-28)27(25)20-29/h17-18,21-23H,2-16H2,1H3/t21-,23-. The smallest absolute Gasteiger partial charge is 0.101 e. The second-order valence-electron chi connectivity index (χ2n) is 9.47. The lowest BCUT2D eigenvalue weighted by molar-refractivity contribution is 0.301. The molecule has 156 valence electrons. The van der Waals surface area contributed by atoms with Crippen LogP contribution in [0.4, 0.5) is 0 Å². The molecule has 2 saturated carbocycles. The summed E-state index contributed by atoms with van der Waals surface area (Å²) in [4.78, 5) is 0. The lowest BCUT2D eigenvalue weighted by Crippen LogP contribution is -2.16. The van der Waals surface area contributed by atoms with Crippen molar-refractivity contribution in [3.63, 3.8) is 0 Å². The van der Waals surface area contributed by atoms with E-state index in [1.807, 2.05) is 0 Å². The molecule has 2 heteroatoms. The quantitative estimate of drug-likeness (QED) is 0.421. The molecule has 2 nitrogen and oxygen atoms in total. The van der Waals surface area contributed by atoms with Gasteiger partial charge in [0.2, 0.25) is 0 Å². The Kier molecular flexibility index (Phi) is 8.61. The Morgan fingerprint density at radius 1 is 0.724 bits per heavy atom. The van der Waals surface area contributed by atoms with Crippen molar-refractivity contribution in [2.24, 2.45) is 5.92 Å². The number of rotatable bonds is 8. The number of nitriles is 2. The Hall–Kier alpha value is -1.80. The minimum absolute atomic E-state index is 0.466. The molecule has 0 spiro atoms. The van der Waals surface area contributed by atoms with Gasteiger partial charge < -0.3 is 0 Å². The van der Waals surface area contributed by atoms with Crippen LogP contribution in [0.25, 0.3) is 0 Å². The van der Waals surface area contributed by atoms with Crippen LogP contribution in [0.1, 0.15) is 137 Å². The van der Waals surface area contributed by atoms with Crippen LogP contribution in [0, 0.1) is 28.6 Å². The number of unbranched alkanes of at least 4 members (excludes halogenated alkanes) is 4. The zero-order valence-corrected chi connectivity index (χ0v) is 18.4. The molecule has 2 aliphatic carbocycles. The molecule has 0 saturated heterocycles. The predicted molar refractivity (Wildman–Crippen MR) is 120 cm³/mol. The average Bonchev–Trinajstić information content (AvgIpc) is 2.79. The molecular formula is C27H38N2. The van der Waals surface area contributed by atoms with Crippen LogP contribution in [0.5, 0.6) is 0 Å². The Balaban J connectivity index is 1.64. The number of hydrogen-bond acceptors (Lipinski definition) is 2. The van der Waals surface area contributed by atoms with E-state index in [2.05, 4.69) is 31.2 Å². The van der Waals surface area contributed by atoms with E-state index in [1.54, 1.807) is 0 Å². The molecule has 0 bridgehead atoms. The molecule has 1 aromatic rings. The maximum absolute atomic E-state index is 9.92. The molecule has 0 aromatic heterocycles. The zero-order valence-electron chi connectivity index (χ0n) is 18.4. The van der Waals surface area contributed by atoms with E-state index < -0.39 is 0 Å². The Labute approximate surface area is 178 Å². The molecule has 0 N–H and O–H groups in total. The van der Waals surface area contributed by atoms with E-state index >= 15 is 0 Å². The van der Waals surface area contributed by atoms with Crippen LogP contribution >= 0.6 is 0 Å². The molecule has 1 aromatic carbocycles. The van der Waals surface area contributed by atoms with Crippen LogP contribution in [-0.4, -0.2) is 0 Å². The fraction of sp³-hybridized carbons (Fsp3) is 0.704. The topological polar surface area (TPSA) is 47.6 Å². The third-order valence-electron chi connectivity index (χ3n) is 7.54. The van der Waals surface area contributed by atoms with Gasteiger partial charge in [-0.1, -0.05) is 76.8 Å². The van der Waals surface area contributed by atoms with Crippen molar-refractivity contribution >= 4 is 0 Å². The fourth-order valence-electron chi connectivity index (χ4n) is 5.77. The van der Waals surface area contributed by atoms with Gasteiger partial charge in [0.05, 0.1) is 11.1 Å². The van der Waals surface area contributed by atoms with E-state index in [0.717, 1.165) is 17.0 Å². The van der Waals surface area contributed by atoms with Crippen molar-refractivity contribution in [1.29, 1.82) is 10.5 Å². The summed E-state index contributed by atoms with van der Waals surface area (Å²) in [5.41, 5.74) is 3.69. The molecule has 3 rings (SSSR count). The Morgan fingerprint density at radius 2 is 1.28 bits per heavy atom. The maximum atomic E-state index is 9.92. The predicted octanol–water partition coefficient (Wildman–Crippen LogP) is 8.11. The number of hydrogen-bond donors (Lipinski definition) is 0. The first-order chi connectivity index (χ1) is 14.3. The van der Waals surface area contributed by atoms with Gasteiger partial charge in [-0.2, -0.15) is 10.5 Å². The molecule has 29 heavy (non-hydrogen) atoms. The van der Waals surface area contributed by atoms with Gasteiger partial charge in [-0.3, -0.25) is 0 Å². The van der Waals surface area contributed by atoms with Gasteiger partial charge in [0.1, 0.15) is 12.1 Å². The van der Waals surface area contributed by atoms with Gasteiger partial charge in [-0.05, 0) is 67.4 Å². The molecule has 0 unspecified atom stereocenters. The van der Waals surface area contributed by atoms with Crippen LogP contribution in [0.2, 0.25) is 0 Å². The van der Waals surface area contributed by atoms with Crippen LogP contribution in [0.15, 0.2) is 12.1 Å². The summed E-state index contributed by atoms with van der Waals surface area (Å²) in [7, 11) is 0. The van der Waals surface area contributed by atoms with Gasteiger partial charge in [-0.15, -0.1) is 0 Å². The largest absolute Gasteiger partial charge is 0.192 e. The molecule has 0 radical (unpaired) electrons. The minimum Gasteiger partial charge on any atom is -0.192 e. The highest BCUT2D eigenvalue weighted by Crippen LogP contribution is 2.42. The molecule has 2 aliphatic rings. The lowest BCUT2D eigenvalue weighted by Gasteiger charge is -2.30. The summed E-state index contributed by atoms with van der Waals surface area (Å²) in [5.74, 6) is 1.81. The maximum Gasteiger partial charge on any atom is 0.101 e. The summed E-state index contributed by atoms with van der Waals surface area (Å²) in [5, 5.41) is 19.8. The highest BCUT2D eigenvalue weighted by atomic mass is 14.4. The first kappa shape index (κ1) is 21.9. The summed E-state index contributed by atoms with van der Waals surface area (Å²) < 4.78 is 0. The summed E-state index contributed by atoms with van der Waals surface area (Å²) in [6.45, 7) is 2.27. The second kappa shape index (κ2) is 11.4. The van der Waals surface area contributed by atoms with Crippen molar-refractivity contribution in [3.05, 3.63) is 34.4 Å². The van der Waals surface area contributed by atoms with Gasteiger partial charge >= 0.3 is 0 Å². The minimum atomic E-state index is 0.466.